The average Bonchev–Trinajstić information content (AvgIpc) is 2.17. The topological polar surface area (TPSA) is 22.1 Å². The van der Waals surface area contributed by atoms with Crippen molar-refractivity contribution in [3.8, 4) is 5.75 Å². The van der Waals surface area contributed by atoms with Crippen LogP contribution in [-0.2, 0) is 11.5 Å². The van der Waals surface area contributed by atoms with Crippen molar-refractivity contribution < 1.29 is 31.1 Å². The number of ether oxygens (including phenoxy) is 1. The maximum absolute atomic E-state index is 12.6. The molecule has 1 heterocycles. The molecule has 0 amide bonds. The Morgan fingerprint density at radius 3 is 2.17 bits per heavy atom. The second-order valence-electron chi connectivity index (χ2n) is 2.96. The lowest BCUT2D eigenvalue weighted by Crippen LogP contribution is -2.21. The predicted molar refractivity (Wildman–Crippen MR) is 53.6 cm³/mol. The zero-order valence-corrected chi connectivity index (χ0v) is 10.5. The summed E-state index contributed by atoms with van der Waals surface area (Å²) in [6.45, 7) is 0. The van der Waals surface area contributed by atoms with E-state index in [9.17, 15) is 26.3 Å². The monoisotopic (exact) mass is 357 g/mol. The van der Waals surface area contributed by atoms with Crippen LogP contribution in [0, 0.1) is 0 Å². The summed E-state index contributed by atoms with van der Waals surface area (Å²) in [6.07, 6.45) is -10.3. The highest BCUT2D eigenvalue weighted by atomic mass is 79.9. The number of halogens is 8. The van der Waals surface area contributed by atoms with Gasteiger partial charge in [0.15, 0.2) is 10.9 Å². The first-order valence-corrected chi connectivity index (χ1v) is 5.63. The Morgan fingerprint density at radius 2 is 1.78 bits per heavy atom. The first-order chi connectivity index (χ1) is 8.04. The van der Waals surface area contributed by atoms with E-state index in [0.717, 1.165) is 0 Å². The van der Waals surface area contributed by atoms with E-state index in [1.807, 2.05) is 0 Å². The highest BCUT2D eigenvalue weighted by molar-refractivity contribution is 9.08. The minimum absolute atomic E-state index is 0.0951. The third kappa shape index (κ3) is 3.91. The Hall–Kier alpha value is -0.700. The van der Waals surface area contributed by atoms with Crippen LogP contribution in [0.15, 0.2) is 6.07 Å². The molecule has 18 heavy (non-hydrogen) atoms. The first-order valence-electron chi connectivity index (χ1n) is 4.13. The Kier molecular flexibility index (Phi) is 4.37. The Morgan fingerprint density at radius 1 is 1.22 bits per heavy atom. The van der Waals surface area contributed by atoms with E-state index in [2.05, 4.69) is 25.7 Å². The van der Waals surface area contributed by atoms with Crippen LogP contribution in [0.2, 0.25) is 5.15 Å². The molecule has 0 atom stereocenters. The summed E-state index contributed by atoms with van der Waals surface area (Å²) in [5.74, 6) is -1.55. The van der Waals surface area contributed by atoms with E-state index < -0.39 is 29.0 Å². The number of alkyl halides is 7. The van der Waals surface area contributed by atoms with Gasteiger partial charge >= 0.3 is 12.5 Å². The molecule has 1 rings (SSSR count). The van der Waals surface area contributed by atoms with E-state index in [0.29, 0.717) is 6.07 Å². The van der Waals surface area contributed by atoms with Crippen molar-refractivity contribution in [1.82, 2.24) is 4.98 Å². The van der Waals surface area contributed by atoms with Crippen LogP contribution >= 0.6 is 27.5 Å². The molecule has 0 radical (unpaired) electrons. The van der Waals surface area contributed by atoms with Crippen molar-refractivity contribution in [3.63, 3.8) is 0 Å². The molecule has 0 fully saturated rings. The summed E-state index contributed by atoms with van der Waals surface area (Å²) < 4.78 is 76.9. The Labute approximate surface area is 110 Å². The maximum atomic E-state index is 12.6. The lowest BCUT2D eigenvalue weighted by atomic mass is 10.2. The number of nitrogens with zero attached hydrogens (tertiary/aromatic N) is 1. The zero-order chi connectivity index (χ0) is 14.1. The zero-order valence-electron chi connectivity index (χ0n) is 8.16. The molecule has 0 bridgehead atoms. The van der Waals surface area contributed by atoms with Gasteiger partial charge in [0.1, 0.15) is 5.56 Å². The van der Waals surface area contributed by atoms with Crippen molar-refractivity contribution in [2.75, 3.05) is 0 Å². The summed E-state index contributed by atoms with van der Waals surface area (Å²) in [5, 5.41) is -1.10. The van der Waals surface area contributed by atoms with Gasteiger partial charge in [0.2, 0.25) is 0 Å². The fraction of sp³-hybridized carbons (Fsp3) is 0.375. The van der Waals surface area contributed by atoms with Crippen LogP contribution in [0.25, 0.3) is 0 Å². The molecular formula is C8H3BrClF6NO. The quantitative estimate of drug-likeness (QED) is 0.440. The molecule has 10 heteroatoms. The van der Waals surface area contributed by atoms with Gasteiger partial charge in [0, 0.05) is 5.33 Å². The molecule has 0 spiro atoms. The first kappa shape index (κ1) is 15.4. The summed E-state index contributed by atoms with van der Waals surface area (Å²) in [7, 11) is 0. The SMILES string of the molecule is FC(F)(F)Oc1c(C(F)(F)F)cc(CBr)nc1Cl. The Bertz CT molecular complexity index is 446. The van der Waals surface area contributed by atoms with E-state index >= 15 is 0 Å². The van der Waals surface area contributed by atoms with Crippen LogP contribution in [0.3, 0.4) is 0 Å². The second kappa shape index (κ2) is 5.12. The average molecular weight is 358 g/mol. The largest absolute Gasteiger partial charge is 0.573 e. The van der Waals surface area contributed by atoms with E-state index in [1.54, 1.807) is 0 Å². The van der Waals surface area contributed by atoms with E-state index in [4.69, 9.17) is 11.6 Å². The molecule has 0 aromatic carbocycles. The summed E-state index contributed by atoms with van der Waals surface area (Å²) >= 11 is 8.10. The molecule has 0 aliphatic carbocycles. The number of hydrogen-bond acceptors (Lipinski definition) is 2. The Balaban J connectivity index is 3.39. The molecule has 0 saturated carbocycles. The van der Waals surface area contributed by atoms with Gasteiger partial charge in [-0.25, -0.2) is 4.98 Å². The van der Waals surface area contributed by atoms with Crippen LogP contribution in [-0.4, -0.2) is 11.3 Å². The molecular weight excluding hydrogens is 355 g/mol. The normalized spacial score (nSPS) is 12.7. The molecule has 0 saturated heterocycles. The van der Waals surface area contributed by atoms with Crippen LogP contribution in [0.4, 0.5) is 26.3 Å². The van der Waals surface area contributed by atoms with Crippen LogP contribution in [0.1, 0.15) is 11.3 Å². The van der Waals surface area contributed by atoms with Crippen LogP contribution < -0.4 is 4.74 Å². The predicted octanol–water partition coefficient (Wildman–Crippen LogP) is 4.55. The number of hydrogen-bond donors (Lipinski definition) is 0. The molecule has 0 unspecified atom stereocenters. The van der Waals surface area contributed by atoms with Gasteiger partial charge in [0.25, 0.3) is 0 Å². The lowest BCUT2D eigenvalue weighted by Gasteiger charge is -2.16. The number of rotatable bonds is 2. The van der Waals surface area contributed by atoms with Gasteiger partial charge in [0.05, 0.1) is 5.69 Å². The van der Waals surface area contributed by atoms with Gasteiger partial charge in [-0.1, -0.05) is 27.5 Å². The van der Waals surface area contributed by atoms with Crippen molar-refractivity contribution >= 4 is 27.5 Å². The lowest BCUT2D eigenvalue weighted by molar-refractivity contribution is -0.276. The van der Waals surface area contributed by atoms with Crippen molar-refractivity contribution in [2.24, 2.45) is 0 Å². The fourth-order valence-electron chi connectivity index (χ4n) is 1.04. The van der Waals surface area contributed by atoms with Crippen molar-refractivity contribution in [3.05, 3.63) is 22.5 Å². The minimum Gasteiger partial charge on any atom is -0.402 e. The fourth-order valence-corrected chi connectivity index (χ4v) is 1.58. The third-order valence-corrected chi connectivity index (χ3v) is 2.48. The minimum atomic E-state index is -5.29. The van der Waals surface area contributed by atoms with E-state index in [1.165, 1.54) is 0 Å². The van der Waals surface area contributed by atoms with Crippen molar-refractivity contribution in [1.29, 1.82) is 0 Å². The molecule has 2 nitrogen and oxygen atoms in total. The summed E-state index contributed by atoms with van der Waals surface area (Å²) in [4.78, 5) is 3.34. The standard InChI is InChI=1S/C8H3BrClF6NO/c9-2-3-1-4(7(11,12)13)5(6(10)17-3)18-8(14,15)16/h1H,2H2. The molecule has 1 aromatic heterocycles. The highest BCUT2D eigenvalue weighted by Gasteiger charge is 2.41. The third-order valence-electron chi connectivity index (χ3n) is 1.64. The molecule has 0 aliphatic rings. The molecule has 0 aliphatic heterocycles. The van der Waals surface area contributed by atoms with Gasteiger partial charge in [-0.15, -0.1) is 13.2 Å². The van der Waals surface area contributed by atoms with Crippen LogP contribution in [0.5, 0.6) is 5.75 Å². The molecule has 0 N–H and O–H groups in total. The maximum Gasteiger partial charge on any atom is 0.573 e. The summed E-state index contributed by atoms with van der Waals surface area (Å²) in [6, 6.07) is 0.432. The van der Waals surface area contributed by atoms with Gasteiger partial charge in [-0.2, -0.15) is 13.2 Å². The number of aromatic nitrogens is 1. The van der Waals surface area contributed by atoms with Gasteiger partial charge in [-0.3, -0.25) is 0 Å². The van der Waals surface area contributed by atoms with Gasteiger partial charge < -0.3 is 4.74 Å². The molecule has 102 valence electrons. The molecule has 1 aromatic rings. The van der Waals surface area contributed by atoms with E-state index in [-0.39, 0.29) is 11.0 Å². The highest BCUT2D eigenvalue weighted by Crippen LogP contribution is 2.42. The smallest absolute Gasteiger partial charge is 0.402 e. The van der Waals surface area contributed by atoms with Gasteiger partial charge in [-0.05, 0) is 6.07 Å². The van der Waals surface area contributed by atoms with Crippen molar-refractivity contribution in [2.45, 2.75) is 17.9 Å². The second-order valence-corrected chi connectivity index (χ2v) is 3.88. The summed E-state index contributed by atoms with van der Waals surface area (Å²) in [5.41, 5.74) is -1.80. The number of pyridine rings is 1.